The van der Waals surface area contributed by atoms with Gasteiger partial charge >= 0.3 is 11.9 Å². The van der Waals surface area contributed by atoms with Crippen molar-refractivity contribution in [3.63, 3.8) is 0 Å². The number of rotatable bonds is 44. The van der Waals surface area contributed by atoms with Crippen LogP contribution in [0.5, 0.6) is 0 Å². The minimum atomic E-state index is 0.0502. The van der Waals surface area contributed by atoms with Crippen LogP contribution in [0.1, 0.15) is 246 Å². The molecule has 2 unspecified atom stereocenters. The molecule has 0 aromatic heterocycles. The lowest BCUT2D eigenvalue weighted by molar-refractivity contribution is -0.150. The van der Waals surface area contributed by atoms with Gasteiger partial charge in [-0.25, -0.2) is 0 Å². The first-order valence-corrected chi connectivity index (χ1v) is 24.2. The van der Waals surface area contributed by atoms with Crippen LogP contribution in [0.15, 0.2) is 0 Å². The van der Waals surface area contributed by atoms with Gasteiger partial charge in [0.2, 0.25) is 0 Å². The molecule has 0 saturated heterocycles. The molecule has 0 rings (SSSR count). The average molecular weight is 766 g/mol. The molecule has 322 valence electrons. The van der Waals surface area contributed by atoms with Crippen LogP contribution in [-0.2, 0) is 19.1 Å². The highest BCUT2D eigenvalue weighted by Crippen LogP contribution is 2.22. The van der Waals surface area contributed by atoms with E-state index < -0.39 is 0 Å². The summed E-state index contributed by atoms with van der Waals surface area (Å²) in [5.74, 6) is 0.278. The fourth-order valence-corrected chi connectivity index (χ4v) is 7.71. The third kappa shape index (κ3) is 35.3. The van der Waals surface area contributed by atoms with Gasteiger partial charge in [-0.05, 0) is 70.9 Å². The Hall–Kier alpha value is -1.14. The minimum absolute atomic E-state index is 0.0502. The Balaban J connectivity index is 4.29. The number of nitrogens with zero attached hydrogens (tertiary/aromatic N) is 1. The molecule has 6 nitrogen and oxygen atoms in total. The Morgan fingerprint density at radius 2 is 0.667 bits per heavy atom. The molecule has 54 heavy (non-hydrogen) atoms. The maximum absolute atomic E-state index is 13.0. The van der Waals surface area contributed by atoms with Gasteiger partial charge in [-0.2, -0.15) is 0 Å². The zero-order chi connectivity index (χ0) is 39.6. The van der Waals surface area contributed by atoms with Gasteiger partial charge in [0.1, 0.15) is 0 Å². The van der Waals surface area contributed by atoms with Crippen LogP contribution in [0, 0.1) is 11.8 Å². The zero-order valence-corrected chi connectivity index (χ0v) is 37.0. The van der Waals surface area contributed by atoms with Crippen molar-refractivity contribution in [1.29, 1.82) is 0 Å². The van der Waals surface area contributed by atoms with E-state index in [9.17, 15) is 14.7 Å². The predicted molar refractivity (Wildman–Crippen MR) is 232 cm³/mol. The molecule has 0 bridgehead atoms. The highest BCUT2D eigenvalue weighted by Gasteiger charge is 2.20. The third-order valence-corrected chi connectivity index (χ3v) is 11.4. The second-order valence-corrected chi connectivity index (χ2v) is 16.6. The molecule has 2 atom stereocenters. The smallest absolute Gasteiger partial charge is 0.308 e. The lowest BCUT2D eigenvalue weighted by atomic mass is 9.94. The second-order valence-electron chi connectivity index (χ2n) is 16.6. The van der Waals surface area contributed by atoms with Crippen LogP contribution >= 0.6 is 0 Å². The molecule has 0 fully saturated rings. The maximum Gasteiger partial charge on any atom is 0.308 e. The molecule has 0 aliphatic carbocycles. The van der Waals surface area contributed by atoms with Gasteiger partial charge in [-0.15, -0.1) is 0 Å². The monoisotopic (exact) mass is 766 g/mol. The summed E-state index contributed by atoms with van der Waals surface area (Å²) in [5.41, 5.74) is 0. The number of ether oxygens (including phenoxy) is 2. The fourth-order valence-electron chi connectivity index (χ4n) is 7.71. The van der Waals surface area contributed by atoms with E-state index in [0.717, 1.165) is 129 Å². The van der Waals surface area contributed by atoms with E-state index in [1.165, 1.54) is 109 Å². The molecule has 0 spiro atoms. The molecule has 0 aromatic rings. The van der Waals surface area contributed by atoms with Crippen molar-refractivity contribution in [3.8, 4) is 0 Å². The highest BCUT2D eigenvalue weighted by atomic mass is 16.5. The second kappa shape index (κ2) is 43.0. The van der Waals surface area contributed by atoms with E-state index >= 15 is 0 Å². The van der Waals surface area contributed by atoms with Crippen molar-refractivity contribution in [2.24, 2.45) is 11.8 Å². The van der Waals surface area contributed by atoms with Gasteiger partial charge in [0.05, 0.1) is 25.0 Å². The first-order chi connectivity index (χ1) is 26.5. The number of esters is 2. The Bertz CT molecular complexity index is 776. The number of carbonyl (C=O) groups excluding carboxylic acids is 2. The largest absolute Gasteiger partial charge is 0.465 e. The van der Waals surface area contributed by atoms with Gasteiger partial charge in [0.15, 0.2) is 0 Å². The van der Waals surface area contributed by atoms with Crippen molar-refractivity contribution >= 4 is 11.9 Å². The normalized spacial score (nSPS) is 12.7. The summed E-state index contributed by atoms with van der Waals surface area (Å²) in [6.07, 6.45) is 39.8. The number of aliphatic hydroxyl groups excluding tert-OH is 1. The molecule has 0 aromatic carbocycles. The van der Waals surface area contributed by atoms with Crippen LogP contribution in [0.4, 0.5) is 0 Å². The van der Waals surface area contributed by atoms with Crippen LogP contribution in [-0.4, -0.2) is 61.4 Å². The van der Waals surface area contributed by atoms with Crippen LogP contribution < -0.4 is 0 Å². The van der Waals surface area contributed by atoms with Gasteiger partial charge < -0.3 is 19.5 Å². The summed E-state index contributed by atoms with van der Waals surface area (Å²) >= 11 is 0. The molecule has 0 aliphatic rings. The number of hydrogen-bond acceptors (Lipinski definition) is 6. The van der Waals surface area contributed by atoms with Crippen LogP contribution in [0.3, 0.4) is 0 Å². The van der Waals surface area contributed by atoms with E-state index in [0.29, 0.717) is 13.2 Å². The van der Waals surface area contributed by atoms with E-state index in [4.69, 9.17) is 9.47 Å². The van der Waals surface area contributed by atoms with Crippen molar-refractivity contribution < 1.29 is 24.2 Å². The zero-order valence-electron chi connectivity index (χ0n) is 37.0. The van der Waals surface area contributed by atoms with Crippen molar-refractivity contribution in [3.05, 3.63) is 0 Å². The van der Waals surface area contributed by atoms with Crippen LogP contribution in [0.25, 0.3) is 0 Å². The van der Waals surface area contributed by atoms with Gasteiger partial charge in [0.25, 0.3) is 0 Å². The molecular weight excluding hydrogens is 671 g/mol. The Labute approximate surface area is 337 Å². The predicted octanol–water partition coefficient (Wildman–Crippen LogP) is 13.9. The Morgan fingerprint density at radius 1 is 0.389 bits per heavy atom. The topological polar surface area (TPSA) is 76.1 Å². The van der Waals surface area contributed by atoms with Gasteiger partial charge in [-0.3, -0.25) is 9.59 Å². The summed E-state index contributed by atoms with van der Waals surface area (Å²) < 4.78 is 11.6. The van der Waals surface area contributed by atoms with Crippen LogP contribution in [0.2, 0.25) is 0 Å². The first kappa shape index (κ1) is 52.9. The lowest BCUT2D eigenvalue weighted by Crippen LogP contribution is -2.28. The standard InChI is InChI=1S/C48H95NO5/c1-5-9-13-17-19-21-29-38-46(36-27-16-12-8-4)48(52)54-44-33-25-23-31-40-49(41-34-42-50)39-30-22-24-32-43-53-47(51)45(35-26-15-11-7-3)37-28-20-18-14-10-6-2/h45-46,50H,5-44H2,1-4H3. The van der Waals surface area contributed by atoms with E-state index in [-0.39, 0.29) is 30.4 Å². The summed E-state index contributed by atoms with van der Waals surface area (Å²) in [7, 11) is 0. The maximum atomic E-state index is 13.0. The molecule has 1 N–H and O–H groups in total. The molecule has 0 saturated carbocycles. The van der Waals surface area contributed by atoms with E-state index in [2.05, 4.69) is 32.6 Å². The van der Waals surface area contributed by atoms with Crippen molar-refractivity contribution in [1.82, 2.24) is 4.90 Å². The molecule has 0 heterocycles. The fraction of sp³-hybridized carbons (Fsp3) is 0.958. The first-order valence-electron chi connectivity index (χ1n) is 24.2. The number of unbranched alkanes of at least 4 members (excludes halogenated alkanes) is 23. The summed E-state index contributed by atoms with van der Waals surface area (Å²) in [6.45, 7) is 13.4. The van der Waals surface area contributed by atoms with E-state index in [1.807, 2.05) is 0 Å². The van der Waals surface area contributed by atoms with Gasteiger partial charge in [0, 0.05) is 13.2 Å². The number of carbonyl (C=O) groups is 2. The lowest BCUT2D eigenvalue weighted by Gasteiger charge is -2.22. The Morgan fingerprint density at radius 3 is 1.02 bits per heavy atom. The molecule has 0 radical (unpaired) electrons. The number of hydrogen-bond donors (Lipinski definition) is 1. The van der Waals surface area contributed by atoms with E-state index in [1.54, 1.807) is 0 Å². The minimum Gasteiger partial charge on any atom is -0.465 e. The Kier molecular flexibility index (Phi) is 42.1. The molecule has 6 heteroatoms. The SMILES string of the molecule is CCCCCCCCCC(CCCCCC)C(=O)OCCCCCCN(CCCO)CCCCCCOC(=O)C(CCCCCC)CCCCCCCC. The molecule has 0 amide bonds. The highest BCUT2D eigenvalue weighted by molar-refractivity contribution is 5.72. The quantitative estimate of drug-likeness (QED) is 0.0492. The summed E-state index contributed by atoms with van der Waals surface area (Å²) in [5, 5.41) is 9.45. The van der Waals surface area contributed by atoms with Crippen molar-refractivity contribution in [2.45, 2.75) is 246 Å². The summed E-state index contributed by atoms with van der Waals surface area (Å²) in [6, 6.07) is 0. The van der Waals surface area contributed by atoms with Gasteiger partial charge in [-0.1, -0.05) is 188 Å². The third-order valence-electron chi connectivity index (χ3n) is 11.4. The average Bonchev–Trinajstić information content (AvgIpc) is 3.18. The number of aliphatic hydroxyl groups is 1. The molecule has 0 aliphatic heterocycles. The van der Waals surface area contributed by atoms with Crippen molar-refractivity contribution in [2.75, 3.05) is 39.5 Å². The molecular formula is C48H95NO5. The summed E-state index contributed by atoms with van der Waals surface area (Å²) in [4.78, 5) is 28.4.